The van der Waals surface area contributed by atoms with Gasteiger partial charge in [-0.05, 0) is 54.8 Å². The maximum absolute atomic E-state index is 5.67. The lowest BCUT2D eigenvalue weighted by Gasteiger charge is -2.07. The minimum absolute atomic E-state index is 0.279. The fraction of sp³-hybridized carbons (Fsp3) is 0.333. The van der Waals surface area contributed by atoms with Crippen LogP contribution in [-0.4, -0.2) is 32.7 Å². The van der Waals surface area contributed by atoms with Gasteiger partial charge in [0, 0.05) is 6.61 Å². The molecule has 3 rings (SSSR count). The van der Waals surface area contributed by atoms with Crippen LogP contribution in [0.5, 0.6) is 11.5 Å². The van der Waals surface area contributed by atoms with E-state index in [1.165, 1.54) is 11.1 Å². The Morgan fingerprint density at radius 2 is 1.68 bits per heavy atom. The van der Waals surface area contributed by atoms with Crippen molar-refractivity contribution >= 4 is 11.6 Å². The Balaban J connectivity index is 1.57. The number of epoxide rings is 1. The van der Waals surface area contributed by atoms with Crippen LogP contribution in [0.1, 0.15) is 25.0 Å². The monoisotopic (exact) mass is 340 g/mol. The highest BCUT2D eigenvalue weighted by Gasteiger charge is 2.22. The first-order chi connectivity index (χ1) is 12.2. The lowest BCUT2D eigenvalue weighted by atomic mass is 10.0. The topological polar surface area (TPSA) is 40.2 Å². The first-order valence-corrected chi connectivity index (χ1v) is 8.58. The normalized spacial score (nSPS) is 16.6. The Hall–Kier alpha value is -2.30. The largest absolute Gasteiger partial charge is 0.491 e. The van der Waals surface area contributed by atoms with E-state index in [-0.39, 0.29) is 12.9 Å². The van der Waals surface area contributed by atoms with Crippen molar-refractivity contribution in [3.63, 3.8) is 0 Å². The van der Waals surface area contributed by atoms with E-state index >= 15 is 0 Å². The van der Waals surface area contributed by atoms with Gasteiger partial charge >= 0.3 is 0 Å². The SMILES string of the molecule is CCOCOc1ccc(/C=C(/C)c2ccc(OCC3CO3)cc2)cc1. The van der Waals surface area contributed by atoms with Crippen LogP contribution >= 0.6 is 0 Å². The summed E-state index contributed by atoms with van der Waals surface area (Å²) in [6.07, 6.45) is 2.43. The van der Waals surface area contributed by atoms with E-state index in [0.29, 0.717) is 13.2 Å². The molecule has 1 heterocycles. The predicted octanol–water partition coefficient (Wildman–Crippen LogP) is 4.40. The third-order valence-corrected chi connectivity index (χ3v) is 3.92. The highest BCUT2D eigenvalue weighted by Crippen LogP contribution is 2.22. The lowest BCUT2D eigenvalue weighted by molar-refractivity contribution is 0.0224. The Morgan fingerprint density at radius 1 is 1.04 bits per heavy atom. The van der Waals surface area contributed by atoms with Crippen molar-refractivity contribution in [2.24, 2.45) is 0 Å². The summed E-state index contributed by atoms with van der Waals surface area (Å²) < 4.78 is 21.5. The van der Waals surface area contributed by atoms with Crippen LogP contribution < -0.4 is 9.47 Å². The zero-order chi connectivity index (χ0) is 17.5. The molecule has 1 saturated heterocycles. The summed E-state index contributed by atoms with van der Waals surface area (Å²) >= 11 is 0. The van der Waals surface area contributed by atoms with E-state index in [2.05, 4.69) is 25.1 Å². The van der Waals surface area contributed by atoms with Gasteiger partial charge < -0.3 is 18.9 Å². The zero-order valence-corrected chi connectivity index (χ0v) is 14.7. The van der Waals surface area contributed by atoms with Gasteiger partial charge in [0.05, 0.1) is 6.61 Å². The molecule has 0 radical (unpaired) electrons. The quantitative estimate of drug-likeness (QED) is 0.294. The van der Waals surface area contributed by atoms with Crippen LogP contribution in [-0.2, 0) is 9.47 Å². The van der Waals surface area contributed by atoms with Crippen molar-refractivity contribution in [3.8, 4) is 11.5 Å². The molecule has 0 aliphatic carbocycles. The molecule has 25 heavy (non-hydrogen) atoms. The minimum atomic E-state index is 0.279. The van der Waals surface area contributed by atoms with E-state index in [9.17, 15) is 0 Å². The second-order valence-electron chi connectivity index (χ2n) is 5.94. The molecular weight excluding hydrogens is 316 g/mol. The highest BCUT2D eigenvalue weighted by molar-refractivity contribution is 5.80. The summed E-state index contributed by atoms with van der Waals surface area (Å²) in [5, 5.41) is 0. The van der Waals surface area contributed by atoms with E-state index in [0.717, 1.165) is 23.7 Å². The van der Waals surface area contributed by atoms with Crippen LogP contribution in [0.4, 0.5) is 0 Å². The van der Waals surface area contributed by atoms with Crippen molar-refractivity contribution in [1.29, 1.82) is 0 Å². The molecule has 0 aromatic heterocycles. The number of rotatable bonds is 9. The first kappa shape index (κ1) is 17.5. The summed E-state index contributed by atoms with van der Waals surface area (Å²) in [7, 11) is 0. The average Bonchev–Trinajstić information content (AvgIpc) is 3.46. The van der Waals surface area contributed by atoms with Gasteiger partial charge in [0.25, 0.3) is 0 Å². The predicted molar refractivity (Wildman–Crippen MR) is 98.8 cm³/mol. The standard InChI is InChI=1S/C21H24O4/c1-3-22-15-25-20-8-4-17(5-9-20)12-16(2)18-6-10-19(11-7-18)23-13-21-14-24-21/h4-12,21H,3,13-15H2,1-2H3/b16-12-. The molecule has 0 saturated carbocycles. The molecule has 0 spiro atoms. The molecule has 4 nitrogen and oxygen atoms in total. The van der Waals surface area contributed by atoms with Gasteiger partial charge in [-0.3, -0.25) is 0 Å². The van der Waals surface area contributed by atoms with E-state index in [1.54, 1.807) is 0 Å². The first-order valence-electron chi connectivity index (χ1n) is 8.58. The molecule has 1 aliphatic heterocycles. The van der Waals surface area contributed by atoms with E-state index in [1.807, 2.05) is 43.3 Å². The minimum Gasteiger partial charge on any atom is -0.491 e. The van der Waals surface area contributed by atoms with Crippen LogP contribution in [0.3, 0.4) is 0 Å². The Kier molecular flexibility index (Phi) is 6.09. The molecule has 1 atom stereocenters. The highest BCUT2D eigenvalue weighted by atomic mass is 16.7. The third kappa shape index (κ3) is 5.62. The Morgan fingerprint density at radius 3 is 2.32 bits per heavy atom. The number of hydrogen-bond donors (Lipinski definition) is 0. The van der Waals surface area contributed by atoms with Gasteiger partial charge in [-0.2, -0.15) is 0 Å². The molecule has 4 heteroatoms. The summed E-state index contributed by atoms with van der Waals surface area (Å²) in [5.74, 6) is 1.69. The second-order valence-corrected chi connectivity index (χ2v) is 5.94. The van der Waals surface area contributed by atoms with Crippen molar-refractivity contribution in [1.82, 2.24) is 0 Å². The summed E-state index contributed by atoms with van der Waals surface area (Å²) in [6.45, 7) is 6.43. The van der Waals surface area contributed by atoms with Gasteiger partial charge in [-0.1, -0.05) is 30.3 Å². The lowest BCUT2D eigenvalue weighted by Crippen LogP contribution is -2.03. The van der Waals surface area contributed by atoms with E-state index in [4.69, 9.17) is 18.9 Å². The van der Waals surface area contributed by atoms with Crippen LogP contribution in [0.2, 0.25) is 0 Å². The number of hydrogen-bond acceptors (Lipinski definition) is 4. The third-order valence-electron chi connectivity index (χ3n) is 3.92. The van der Waals surface area contributed by atoms with Crippen LogP contribution in [0, 0.1) is 0 Å². The molecule has 0 N–H and O–H groups in total. The molecule has 2 aromatic rings. The van der Waals surface area contributed by atoms with Crippen LogP contribution in [0.15, 0.2) is 48.5 Å². The van der Waals surface area contributed by atoms with Crippen molar-refractivity contribution in [2.75, 3.05) is 26.6 Å². The number of ether oxygens (including phenoxy) is 4. The van der Waals surface area contributed by atoms with Gasteiger partial charge in [0.15, 0.2) is 6.79 Å². The molecule has 2 aromatic carbocycles. The van der Waals surface area contributed by atoms with E-state index < -0.39 is 0 Å². The molecule has 0 bridgehead atoms. The summed E-state index contributed by atoms with van der Waals surface area (Å²) in [5.41, 5.74) is 3.50. The van der Waals surface area contributed by atoms with Gasteiger partial charge in [-0.15, -0.1) is 0 Å². The number of benzene rings is 2. The summed E-state index contributed by atoms with van der Waals surface area (Å²) in [6, 6.07) is 16.1. The Bertz CT molecular complexity index is 685. The molecule has 1 aliphatic rings. The second kappa shape index (κ2) is 8.70. The summed E-state index contributed by atoms with van der Waals surface area (Å²) in [4.78, 5) is 0. The zero-order valence-electron chi connectivity index (χ0n) is 14.7. The maximum atomic E-state index is 5.67. The van der Waals surface area contributed by atoms with Crippen molar-refractivity contribution < 1.29 is 18.9 Å². The van der Waals surface area contributed by atoms with Crippen molar-refractivity contribution in [2.45, 2.75) is 20.0 Å². The molecule has 132 valence electrons. The maximum Gasteiger partial charge on any atom is 0.189 e. The fourth-order valence-electron chi connectivity index (χ4n) is 2.35. The molecule has 0 amide bonds. The van der Waals surface area contributed by atoms with Crippen LogP contribution in [0.25, 0.3) is 11.6 Å². The molecular formula is C21H24O4. The molecule has 1 unspecified atom stereocenters. The number of allylic oxidation sites excluding steroid dienone is 1. The average molecular weight is 340 g/mol. The smallest absolute Gasteiger partial charge is 0.189 e. The Labute approximate surface area is 149 Å². The molecule has 1 fully saturated rings. The fourth-order valence-corrected chi connectivity index (χ4v) is 2.35. The van der Waals surface area contributed by atoms with Gasteiger partial charge in [0.1, 0.15) is 24.2 Å². The van der Waals surface area contributed by atoms with Gasteiger partial charge in [-0.25, -0.2) is 0 Å². The van der Waals surface area contributed by atoms with Gasteiger partial charge in [0.2, 0.25) is 0 Å². The van der Waals surface area contributed by atoms with Crippen molar-refractivity contribution in [3.05, 3.63) is 59.7 Å².